The average Bonchev–Trinajstić information content (AvgIpc) is 3.21. The predicted molar refractivity (Wildman–Crippen MR) is 126 cm³/mol. The number of hydrogen-bond donors (Lipinski definition) is 1. The SMILES string of the molecule is CC(C)(C)c1nnc(-c2cc3c(cc2Cl)S(=O)(=O)C[C@H](N)C(=O)N3Cc2ccc(Cl)cc2)o1. The van der Waals surface area contributed by atoms with Crippen molar-refractivity contribution in [3.05, 3.63) is 57.9 Å². The lowest BCUT2D eigenvalue weighted by Crippen LogP contribution is -2.45. The number of halogens is 2. The molecule has 2 N–H and O–H groups in total. The maximum atomic E-state index is 13.2. The first-order valence-corrected chi connectivity index (χ1v) is 12.5. The van der Waals surface area contributed by atoms with Crippen LogP contribution in [0.15, 0.2) is 45.7 Å². The highest BCUT2D eigenvalue weighted by Gasteiger charge is 2.37. The molecule has 3 aromatic rings. The molecule has 1 atom stereocenters. The molecule has 33 heavy (non-hydrogen) atoms. The van der Waals surface area contributed by atoms with Crippen LogP contribution in [-0.2, 0) is 26.6 Å². The summed E-state index contributed by atoms with van der Waals surface area (Å²) in [6.45, 7) is 5.85. The van der Waals surface area contributed by atoms with Gasteiger partial charge >= 0.3 is 0 Å². The zero-order valence-electron chi connectivity index (χ0n) is 18.2. The van der Waals surface area contributed by atoms with Crippen LogP contribution >= 0.6 is 23.2 Å². The van der Waals surface area contributed by atoms with Crippen LogP contribution in [0.5, 0.6) is 0 Å². The zero-order valence-corrected chi connectivity index (χ0v) is 20.5. The maximum Gasteiger partial charge on any atom is 0.249 e. The summed E-state index contributed by atoms with van der Waals surface area (Å²) < 4.78 is 31.9. The van der Waals surface area contributed by atoms with Crippen LogP contribution in [0.4, 0.5) is 5.69 Å². The van der Waals surface area contributed by atoms with E-state index in [0.717, 1.165) is 5.56 Å². The standard InChI is InChI=1S/C22H22Cl2N4O4S/c1-22(2,3)21-27-26-19(32-21)14-8-17-18(9-15(14)24)33(30,31)11-16(25)20(29)28(17)10-12-4-6-13(23)7-5-12/h4-9,16H,10-11,25H2,1-3H3/t16-/m0/s1. The molecule has 0 aliphatic carbocycles. The minimum Gasteiger partial charge on any atom is -0.420 e. The van der Waals surface area contributed by atoms with Crippen LogP contribution in [0.2, 0.25) is 10.0 Å². The van der Waals surface area contributed by atoms with Gasteiger partial charge in [0, 0.05) is 10.4 Å². The fourth-order valence-electron chi connectivity index (χ4n) is 3.45. The van der Waals surface area contributed by atoms with Crippen molar-refractivity contribution in [3.8, 4) is 11.5 Å². The number of sulfone groups is 1. The predicted octanol–water partition coefficient (Wildman–Crippen LogP) is 3.99. The van der Waals surface area contributed by atoms with Gasteiger partial charge in [-0.15, -0.1) is 10.2 Å². The molecule has 174 valence electrons. The second-order valence-electron chi connectivity index (χ2n) is 8.90. The second kappa shape index (κ2) is 8.39. The largest absolute Gasteiger partial charge is 0.420 e. The van der Waals surface area contributed by atoms with Crippen LogP contribution in [-0.4, -0.2) is 36.3 Å². The van der Waals surface area contributed by atoms with Crippen molar-refractivity contribution in [2.75, 3.05) is 10.7 Å². The van der Waals surface area contributed by atoms with E-state index in [1.54, 1.807) is 24.3 Å². The third-order valence-electron chi connectivity index (χ3n) is 5.21. The summed E-state index contributed by atoms with van der Waals surface area (Å²) in [5.41, 5.74) is 6.80. The molecule has 8 nitrogen and oxygen atoms in total. The number of aromatic nitrogens is 2. The number of rotatable bonds is 3. The summed E-state index contributed by atoms with van der Waals surface area (Å²) in [6, 6.07) is 8.46. The van der Waals surface area contributed by atoms with Crippen molar-refractivity contribution >= 4 is 44.6 Å². The van der Waals surface area contributed by atoms with E-state index in [1.807, 2.05) is 20.8 Å². The van der Waals surface area contributed by atoms with Gasteiger partial charge in [-0.25, -0.2) is 8.42 Å². The monoisotopic (exact) mass is 508 g/mol. The number of nitrogens with two attached hydrogens (primary N) is 1. The lowest BCUT2D eigenvalue weighted by atomic mass is 9.97. The number of carbonyl (C=O) groups excluding carboxylic acids is 1. The molecule has 2 aromatic carbocycles. The molecule has 11 heteroatoms. The number of fused-ring (bicyclic) bond motifs is 1. The Kier molecular flexibility index (Phi) is 6.03. The Hall–Kier alpha value is -2.46. The minimum absolute atomic E-state index is 0.0814. The summed E-state index contributed by atoms with van der Waals surface area (Å²) in [4.78, 5) is 14.4. The lowest BCUT2D eigenvalue weighted by Gasteiger charge is -2.25. The topological polar surface area (TPSA) is 119 Å². The quantitative estimate of drug-likeness (QED) is 0.567. The number of hydrogen-bond acceptors (Lipinski definition) is 7. The van der Waals surface area contributed by atoms with Gasteiger partial charge in [-0.2, -0.15) is 0 Å². The molecule has 0 unspecified atom stereocenters. The first-order chi connectivity index (χ1) is 15.4. The molecule has 2 heterocycles. The van der Waals surface area contributed by atoms with E-state index in [1.165, 1.54) is 17.0 Å². The van der Waals surface area contributed by atoms with E-state index in [-0.39, 0.29) is 28.0 Å². The molecule has 0 saturated carbocycles. The zero-order chi connectivity index (χ0) is 24.1. The number of carbonyl (C=O) groups is 1. The van der Waals surface area contributed by atoms with Gasteiger partial charge in [-0.05, 0) is 29.8 Å². The van der Waals surface area contributed by atoms with Gasteiger partial charge < -0.3 is 15.1 Å². The molecule has 0 bridgehead atoms. The molecule has 0 fully saturated rings. The molecule has 1 aromatic heterocycles. The van der Waals surface area contributed by atoms with Crippen molar-refractivity contribution in [1.29, 1.82) is 0 Å². The Bertz CT molecular complexity index is 1330. The Morgan fingerprint density at radius 1 is 1.15 bits per heavy atom. The summed E-state index contributed by atoms with van der Waals surface area (Å²) in [5, 5.41) is 8.81. The summed E-state index contributed by atoms with van der Waals surface area (Å²) in [5.74, 6) is -0.536. The smallest absolute Gasteiger partial charge is 0.249 e. The molecular weight excluding hydrogens is 487 g/mol. The van der Waals surface area contributed by atoms with Gasteiger partial charge in [0.05, 0.1) is 39.5 Å². The van der Waals surface area contributed by atoms with E-state index in [0.29, 0.717) is 16.5 Å². The van der Waals surface area contributed by atoms with E-state index in [2.05, 4.69) is 10.2 Å². The van der Waals surface area contributed by atoms with E-state index < -0.39 is 33.0 Å². The van der Waals surface area contributed by atoms with Crippen molar-refractivity contribution in [1.82, 2.24) is 10.2 Å². The van der Waals surface area contributed by atoms with E-state index in [4.69, 9.17) is 33.4 Å². The van der Waals surface area contributed by atoms with E-state index >= 15 is 0 Å². The highest BCUT2D eigenvalue weighted by molar-refractivity contribution is 7.91. The number of benzene rings is 2. The number of anilines is 1. The molecule has 0 radical (unpaired) electrons. The van der Waals surface area contributed by atoms with E-state index in [9.17, 15) is 13.2 Å². The average molecular weight is 509 g/mol. The first-order valence-electron chi connectivity index (χ1n) is 10.1. The third kappa shape index (κ3) is 4.63. The lowest BCUT2D eigenvalue weighted by molar-refractivity contribution is -0.119. The van der Waals surface area contributed by atoms with Crippen LogP contribution in [0.1, 0.15) is 32.2 Å². The summed E-state index contributed by atoms with van der Waals surface area (Å²) >= 11 is 12.4. The van der Waals surface area contributed by atoms with Crippen molar-refractivity contribution in [2.24, 2.45) is 5.73 Å². The van der Waals surface area contributed by atoms with Gasteiger partial charge in [0.1, 0.15) is 0 Å². The highest BCUT2D eigenvalue weighted by Crippen LogP contribution is 2.40. The normalized spacial score (nSPS) is 18.2. The second-order valence-corrected chi connectivity index (χ2v) is 11.7. The van der Waals surface area contributed by atoms with Crippen LogP contribution in [0.3, 0.4) is 0 Å². The van der Waals surface area contributed by atoms with Crippen LogP contribution < -0.4 is 10.6 Å². The molecular formula is C22H22Cl2N4O4S. The minimum atomic E-state index is -3.89. The van der Waals surface area contributed by atoms with Gasteiger partial charge in [-0.3, -0.25) is 4.79 Å². The van der Waals surface area contributed by atoms with Crippen LogP contribution in [0, 0.1) is 0 Å². The molecule has 0 saturated heterocycles. The first kappa shape index (κ1) is 23.7. The summed E-state index contributed by atoms with van der Waals surface area (Å²) in [7, 11) is -3.89. The van der Waals surface area contributed by atoms with Gasteiger partial charge in [0.2, 0.25) is 17.7 Å². The Balaban J connectivity index is 1.89. The van der Waals surface area contributed by atoms with Gasteiger partial charge in [-0.1, -0.05) is 56.1 Å². The molecule has 4 rings (SSSR count). The Morgan fingerprint density at radius 3 is 2.42 bits per heavy atom. The van der Waals surface area contributed by atoms with Gasteiger partial charge in [0.15, 0.2) is 9.84 Å². The Labute approximate surface area is 201 Å². The molecule has 1 amide bonds. The summed E-state index contributed by atoms with van der Waals surface area (Å²) in [6.07, 6.45) is 0. The fraction of sp³-hybridized carbons (Fsp3) is 0.318. The van der Waals surface area contributed by atoms with Crippen molar-refractivity contribution in [2.45, 2.75) is 43.7 Å². The van der Waals surface area contributed by atoms with Gasteiger partial charge in [0.25, 0.3) is 0 Å². The molecule has 1 aliphatic rings. The maximum absolute atomic E-state index is 13.2. The molecule has 1 aliphatic heterocycles. The highest BCUT2D eigenvalue weighted by atomic mass is 35.5. The third-order valence-corrected chi connectivity index (χ3v) is 7.57. The Morgan fingerprint density at radius 2 is 1.82 bits per heavy atom. The van der Waals surface area contributed by atoms with Crippen molar-refractivity contribution in [3.63, 3.8) is 0 Å². The number of nitrogens with zero attached hydrogens (tertiary/aromatic N) is 3. The van der Waals surface area contributed by atoms with Crippen molar-refractivity contribution < 1.29 is 17.6 Å². The fourth-order valence-corrected chi connectivity index (χ4v) is 5.47. The van der Waals surface area contributed by atoms with Crippen LogP contribution in [0.25, 0.3) is 11.5 Å². The number of amides is 1. The molecule has 0 spiro atoms.